The Morgan fingerprint density at radius 2 is 2.05 bits per heavy atom. The van der Waals surface area contributed by atoms with Crippen molar-refractivity contribution in [2.45, 2.75) is 50.3 Å². The lowest BCUT2D eigenvalue weighted by atomic mass is 9.79. The van der Waals surface area contributed by atoms with Gasteiger partial charge in [-0.1, -0.05) is 6.92 Å². The van der Waals surface area contributed by atoms with Crippen LogP contribution in [-0.4, -0.2) is 71.8 Å². The molecule has 2 N–H and O–H groups in total. The average Bonchev–Trinajstić information content (AvgIpc) is 3.61. The van der Waals surface area contributed by atoms with Gasteiger partial charge in [-0.25, -0.2) is 14.6 Å². The SMILES string of the molecule is C[C@@H](O)[C@H]1C(=O)N2C(C(=O)O)=C(S[C@H]3C[C@@H](c4cscn4)N(C(=O)OCc4ccc([N+](=O)[O-])cc4)C3)[C@H](C)[C@H]12. The lowest BCUT2D eigenvalue weighted by molar-refractivity contribution is -0.384. The number of aliphatic hydroxyl groups excluding tert-OH is 1. The highest BCUT2D eigenvalue weighted by Gasteiger charge is 2.60. The molecule has 0 spiro atoms. The van der Waals surface area contributed by atoms with Crippen molar-refractivity contribution in [1.82, 2.24) is 14.8 Å². The summed E-state index contributed by atoms with van der Waals surface area (Å²) >= 11 is 2.75. The predicted molar refractivity (Wildman–Crippen MR) is 140 cm³/mol. The first-order valence-electron chi connectivity index (χ1n) is 12.3. The van der Waals surface area contributed by atoms with Gasteiger partial charge in [-0.05, 0) is 31.0 Å². The van der Waals surface area contributed by atoms with E-state index in [-0.39, 0.29) is 41.7 Å². The first kappa shape index (κ1) is 27.1. The maximum absolute atomic E-state index is 13.2. The summed E-state index contributed by atoms with van der Waals surface area (Å²) in [5.41, 5.74) is 2.87. The van der Waals surface area contributed by atoms with E-state index in [9.17, 15) is 34.7 Å². The number of aromatic nitrogens is 1. The smallest absolute Gasteiger partial charge is 0.410 e. The molecule has 0 aliphatic carbocycles. The molecule has 14 heteroatoms. The minimum atomic E-state index is -1.20. The van der Waals surface area contributed by atoms with Crippen LogP contribution in [0, 0.1) is 22.0 Å². The number of hydrogen-bond acceptors (Lipinski definition) is 10. The third-order valence-corrected chi connectivity index (χ3v) is 9.50. The molecule has 39 heavy (non-hydrogen) atoms. The highest BCUT2D eigenvalue weighted by Crippen LogP contribution is 2.53. The van der Waals surface area contributed by atoms with Crippen molar-refractivity contribution in [3.8, 4) is 0 Å². The van der Waals surface area contributed by atoms with Gasteiger partial charge in [0, 0.05) is 40.1 Å². The number of carbonyl (C=O) groups excluding carboxylic acids is 2. The van der Waals surface area contributed by atoms with Crippen LogP contribution in [0.25, 0.3) is 0 Å². The second-order valence-electron chi connectivity index (χ2n) is 9.81. The second kappa shape index (κ2) is 10.6. The van der Waals surface area contributed by atoms with Crippen molar-refractivity contribution in [2.75, 3.05) is 6.54 Å². The number of ether oxygens (including phenoxy) is 1. The monoisotopic (exact) mass is 574 g/mol. The summed E-state index contributed by atoms with van der Waals surface area (Å²) in [5.74, 6) is -2.51. The van der Waals surface area contributed by atoms with Gasteiger partial charge in [0.1, 0.15) is 12.3 Å². The van der Waals surface area contributed by atoms with Crippen molar-refractivity contribution in [2.24, 2.45) is 11.8 Å². The third-order valence-electron chi connectivity index (χ3n) is 7.40. The summed E-state index contributed by atoms with van der Waals surface area (Å²) in [6, 6.07) is 4.95. The maximum atomic E-state index is 13.2. The molecule has 0 bridgehead atoms. The lowest BCUT2D eigenvalue weighted by Crippen LogP contribution is -2.63. The number of aliphatic hydroxyl groups is 1. The van der Waals surface area contributed by atoms with E-state index < -0.39 is 41.0 Å². The zero-order valence-electron chi connectivity index (χ0n) is 21.0. The number of β-lactam (4-membered cyclic amide) rings is 1. The molecule has 5 rings (SSSR count). The molecule has 1 aromatic heterocycles. The molecule has 0 radical (unpaired) electrons. The Bertz CT molecular complexity index is 1330. The molecule has 1 aromatic carbocycles. The van der Waals surface area contributed by atoms with Crippen LogP contribution in [0.4, 0.5) is 10.5 Å². The number of thioether (sulfide) groups is 1. The Kier molecular flexibility index (Phi) is 7.35. The van der Waals surface area contributed by atoms with Gasteiger partial charge < -0.3 is 19.8 Å². The number of thiazole rings is 1. The van der Waals surface area contributed by atoms with Gasteiger partial charge in [-0.15, -0.1) is 23.1 Å². The number of nitro benzene ring substituents is 1. The summed E-state index contributed by atoms with van der Waals surface area (Å²) in [6.45, 7) is 3.60. The van der Waals surface area contributed by atoms with Crippen LogP contribution in [-0.2, 0) is 20.9 Å². The van der Waals surface area contributed by atoms with Gasteiger partial charge in [0.2, 0.25) is 5.91 Å². The van der Waals surface area contributed by atoms with Gasteiger partial charge in [-0.3, -0.25) is 19.8 Å². The predicted octanol–water partition coefficient (Wildman–Crippen LogP) is 3.39. The molecular weight excluding hydrogens is 548 g/mol. The molecule has 3 aliphatic heterocycles. The fraction of sp³-hybridized carbons (Fsp3) is 0.440. The summed E-state index contributed by atoms with van der Waals surface area (Å²) in [5, 5.41) is 32.6. The molecule has 12 nitrogen and oxygen atoms in total. The molecule has 2 fully saturated rings. The van der Waals surface area contributed by atoms with Crippen LogP contribution in [0.15, 0.2) is 45.8 Å². The van der Waals surface area contributed by atoms with E-state index in [1.54, 1.807) is 10.4 Å². The van der Waals surface area contributed by atoms with Gasteiger partial charge >= 0.3 is 12.1 Å². The number of nitro groups is 1. The quantitative estimate of drug-likeness (QED) is 0.271. The van der Waals surface area contributed by atoms with E-state index in [1.165, 1.54) is 59.2 Å². The number of carboxylic acids is 1. The molecule has 0 unspecified atom stereocenters. The van der Waals surface area contributed by atoms with E-state index in [4.69, 9.17) is 4.74 Å². The zero-order valence-corrected chi connectivity index (χ0v) is 22.6. The van der Waals surface area contributed by atoms with Crippen LogP contribution < -0.4 is 0 Å². The highest BCUT2D eigenvalue weighted by molar-refractivity contribution is 8.03. The summed E-state index contributed by atoms with van der Waals surface area (Å²) in [7, 11) is 0. The molecular formula is C25H26N4O8S2. The van der Waals surface area contributed by atoms with Crippen LogP contribution in [0.2, 0.25) is 0 Å². The Balaban J connectivity index is 1.32. The molecule has 2 amide bonds. The number of carboxylic acid groups (broad SMARTS) is 1. The Morgan fingerprint density at radius 3 is 2.64 bits per heavy atom. The third kappa shape index (κ3) is 4.87. The van der Waals surface area contributed by atoms with E-state index in [0.717, 1.165) is 0 Å². The summed E-state index contributed by atoms with van der Waals surface area (Å²) in [6.07, 6.45) is -0.959. The molecule has 2 aromatic rings. The summed E-state index contributed by atoms with van der Waals surface area (Å²) in [4.78, 5) is 56.2. The first-order chi connectivity index (χ1) is 18.6. The van der Waals surface area contributed by atoms with Crippen molar-refractivity contribution in [3.63, 3.8) is 0 Å². The zero-order chi connectivity index (χ0) is 28.0. The number of benzene rings is 1. The van der Waals surface area contributed by atoms with Gasteiger partial charge in [0.05, 0.1) is 40.2 Å². The van der Waals surface area contributed by atoms with Crippen molar-refractivity contribution >= 4 is 46.8 Å². The van der Waals surface area contributed by atoms with Crippen molar-refractivity contribution in [3.05, 3.63) is 67.1 Å². The normalized spacial score (nSPS) is 26.8. The number of non-ortho nitro benzene ring substituents is 1. The van der Waals surface area contributed by atoms with E-state index >= 15 is 0 Å². The van der Waals surface area contributed by atoms with Crippen LogP contribution in [0.5, 0.6) is 0 Å². The Morgan fingerprint density at radius 1 is 1.33 bits per heavy atom. The van der Waals surface area contributed by atoms with Crippen LogP contribution in [0.3, 0.4) is 0 Å². The van der Waals surface area contributed by atoms with E-state index in [2.05, 4.69) is 4.98 Å². The molecule has 3 aliphatic rings. The number of carbonyl (C=O) groups is 3. The lowest BCUT2D eigenvalue weighted by Gasteiger charge is -2.46. The van der Waals surface area contributed by atoms with Crippen LogP contribution >= 0.6 is 23.1 Å². The fourth-order valence-electron chi connectivity index (χ4n) is 5.55. The molecule has 6 atom stereocenters. The Hall–Kier alpha value is -3.49. The number of rotatable bonds is 8. The van der Waals surface area contributed by atoms with Gasteiger partial charge in [-0.2, -0.15) is 0 Å². The standard InChI is InChI=1S/C25H26N4O8S2/c1-12-20-19(13(2)30)23(31)28(20)21(24(32)33)22(12)39-16-7-18(17-10-38-11-26-17)27(8-16)25(34)37-9-14-3-5-15(6-4-14)29(35)36/h3-6,10-13,16,18-20,30H,7-9H2,1-2H3,(H,32,33)/t12-,13-,16+,18+,19-,20-/m1/s1. The number of aliphatic carboxylic acids is 1. The Labute approximate surface area is 231 Å². The van der Waals surface area contributed by atoms with Gasteiger partial charge in [0.15, 0.2) is 0 Å². The van der Waals surface area contributed by atoms with E-state index in [1.807, 2.05) is 12.3 Å². The number of likely N-dealkylation sites (tertiary alicyclic amines) is 1. The number of nitrogens with zero attached hydrogens (tertiary/aromatic N) is 4. The summed E-state index contributed by atoms with van der Waals surface area (Å²) < 4.78 is 5.53. The van der Waals surface area contributed by atoms with Gasteiger partial charge in [0.25, 0.3) is 5.69 Å². The minimum absolute atomic E-state index is 0.0520. The number of amides is 2. The van der Waals surface area contributed by atoms with Crippen molar-refractivity contribution < 1.29 is 34.3 Å². The fourth-order valence-corrected chi connectivity index (χ4v) is 7.68. The molecule has 206 valence electrons. The molecule has 0 saturated carbocycles. The minimum Gasteiger partial charge on any atom is -0.477 e. The topological polar surface area (TPSA) is 163 Å². The molecule has 2 saturated heterocycles. The largest absolute Gasteiger partial charge is 0.477 e. The second-order valence-corrected chi connectivity index (χ2v) is 11.9. The van der Waals surface area contributed by atoms with Crippen LogP contribution in [0.1, 0.15) is 37.6 Å². The first-order valence-corrected chi connectivity index (χ1v) is 14.1. The highest BCUT2D eigenvalue weighted by atomic mass is 32.2. The number of fused-ring (bicyclic) bond motifs is 1. The average molecular weight is 575 g/mol. The molecule has 4 heterocycles. The maximum Gasteiger partial charge on any atom is 0.410 e. The van der Waals surface area contributed by atoms with E-state index in [0.29, 0.717) is 22.6 Å². The van der Waals surface area contributed by atoms with Crippen molar-refractivity contribution in [1.29, 1.82) is 0 Å². The number of hydrogen-bond donors (Lipinski definition) is 2.